The Labute approximate surface area is 121 Å². The van der Waals surface area contributed by atoms with E-state index in [2.05, 4.69) is 10.3 Å². The standard InChI is InChI=1S/C13H16ClN3OS/c1-18-7-6-16-12(11-8-17-13(15)19-11)9-4-2-3-5-10(9)14/h2-5,8,12,16H,6-7H2,1H3,(H2,15,17). The molecule has 102 valence electrons. The molecule has 1 heterocycles. The number of halogens is 1. The lowest BCUT2D eigenvalue weighted by Gasteiger charge is -2.18. The van der Waals surface area contributed by atoms with Gasteiger partial charge in [-0.1, -0.05) is 29.8 Å². The van der Waals surface area contributed by atoms with E-state index in [1.807, 2.05) is 24.3 Å². The minimum absolute atomic E-state index is 0.0151. The molecule has 0 aliphatic carbocycles. The van der Waals surface area contributed by atoms with Crippen molar-refractivity contribution < 1.29 is 4.74 Å². The van der Waals surface area contributed by atoms with Gasteiger partial charge in [0.15, 0.2) is 5.13 Å². The van der Waals surface area contributed by atoms with Crippen LogP contribution in [0.2, 0.25) is 5.02 Å². The molecule has 6 heteroatoms. The minimum Gasteiger partial charge on any atom is -0.383 e. The van der Waals surface area contributed by atoms with Gasteiger partial charge in [0, 0.05) is 29.8 Å². The number of hydrogen-bond acceptors (Lipinski definition) is 5. The van der Waals surface area contributed by atoms with Crippen LogP contribution >= 0.6 is 22.9 Å². The van der Waals surface area contributed by atoms with Crippen LogP contribution in [0.4, 0.5) is 5.13 Å². The van der Waals surface area contributed by atoms with Gasteiger partial charge in [-0.3, -0.25) is 0 Å². The summed E-state index contributed by atoms with van der Waals surface area (Å²) in [7, 11) is 1.68. The first-order chi connectivity index (χ1) is 9.22. The van der Waals surface area contributed by atoms with Crippen LogP contribution in [0.1, 0.15) is 16.5 Å². The van der Waals surface area contributed by atoms with Crippen molar-refractivity contribution in [3.63, 3.8) is 0 Å². The summed E-state index contributed by atoms with van der Waals surface area (Å²) in [6, 6.07) is 7.75. The van der Waals surface area contributed by atoms with Crippen molar-refractivity contribution in [3.05, 3.63) is 45.9 Å². The highest BCUT2D eigenvalue weighted by molar-refractivity contribution is 7.15. The number of nitrogens with zero attached hydrogens (tertiary/aromatic N) is 1. The molecular weight excluding hydrogens is 282 g/mol. The number of nitrogens with one attached hydrogen (secondary N) is 1. The fourth-order valence-corrected chi connectivity index (χ4v) is 2.84. The summed E-state index contributed by atoms with van der Waals surface area (Å²) in [6.45, 7) is 1.36. The van der Waals surface area contributed by atoms with Gasteiger partial charge in [-0.25, -0.2) is 4.98 Å². The average Bonchev–Trinajstić information content (AvgIpc) is 2.83. The average molecular weight is 298 g/mol. The van der Waals surface area contributed by atoms with Crippen LogP contribution in [0, 0.1) is 0 Å². The van der Waals surface area contributed by atoms with E-state index < -0.39 is 0 Å². The number of thiazole rings is 1. The number of aromatic nitrogens is 1. The SMILES string of the molecule is COCCNC(c1cnc(N)s1)c1ccccc1Cl. The molecule has 19 heavy (non-hydrogen) atoms. The zero-order valence-electron chi connectivity index (χ0n) is 10.6. The first-order valence-electron chi connectivity index (χ1n) is 5.90. The van der Waals surface area contributed by atoms with E-state index in [1.54, 1.807) is 13.3 Å². The normalized spacial score (nSPS) is 12.5. The molecule has 0 bridgehead atoms. The third kappa shape index (κ3) is 3.67. The summed E-state index contributed by atoms with van der Waals surface area (Å²) in [5, 5.41) is 4.70. The van der Waals surface area contributed by atoms with Crippen molar-refractivity contribution in [2.45, 2.75) is 6.04 Å². The zero-order valence-corrected chi connectivity index (χ0v) is 12.2. The van der Waals surface area contributed by atoms with Crippen LogP contribution in [0.15, 0.2) is 30.5 Å². The van der Waals surface area contributed by atoms with Gasteiger partial charge in [-0.2, -0.15) is 0 Å². The predicted molar refractivity (Wildman–Crippen MR) is 79.7 cm³/mol. The Balaban J connectivity index is 2.26. The van der Waals surface area contributed by atoms with E-state index in [4.69, 9.17) is 22.1 Å². The molecule has 4 nitrogen and oxygen atoms in total. The number of rotatable bonds is 6. The molecule has 0 saturated heterocycles. The first-order valence-corrected chi connectivity index (χ1v) is 7.09. The first kappa shape index (κ1) is 14.3. The van der Waals surface area contributed by atoms with Crippen molar-refractivity contribution in [2.24, 2.45) is 0 Å². The molecule has 1 aromatic carbocycles. The lowest BCUT2D eigenvalue weighted by molar-refractivity contribution is 0.197. The fourth-order valence-electron chi connectivity index (χ4n) is 1.81. The Morgan fingerprint density at radius 2 is 2.26 bits per heavy atom. The van der Waals surface area contributed by atoms with Gasteiger partial charge in [0.1, 0.15) is 0 Å². The quantitative estimate of drug-likeness (QED) is 0.805. The smallest absolute Gasteiger partial charge is 0.180 e. The van der Waals surface area contributed by atoms with Crippen LogP contribution in [0.5, 0.6) is 0 Å². The Morgan fingerprint density at radius 1 is 1.47 bits per heavy atom. The number of ether oxygens (including phenoxy) is 1. The van der Waals surface area contributed by atoms with Crippen molar-refractivity contribution in [1.82, 2.24) is 10.3 Å². The van der Waals surface area contributed by atoms with Crippen LogP contribution in [-0.4, -0.2) is 25.2 Å². The van der Waals surface area contributed by atoms with Gasteiger partial charge in [0.05, 0.1) is 12.6 Å². The Morgan fingerprint density at radius 3 is 2.89 bits per heavy atom. The van der Waals surface area contributed by atoms with E-state index in [0.29, 0.717) is 11.7 Å². The Bertz CT molecular complexity index is 532. The van der Waals surface area contributed by atoms with Crippen LogP contribution < -0.4 is 11.1 Å². The van der Waals surface area contributed by atoms with Crippen molar-refractivity contribution in [1.29, 1.82) is 0 Å². The molecule has 0 spiro atoms. The molecule has 0 amide bonds. The molecular formula is C13H16ClN3OS. The summed E-state index contributed by atoms with van der Waals surface area (Å²) in [5.74, 6) is 0. The second kappa shape index (κ2) is 6.86. The maximum atomic E-state index is 6.27. The maximum absolute atomic E-state index is 6.27. The van der Waals surface area contributed by atoms with Crippen molar-refractivity contribution >= 4 is 28.1 Å². The van der Waals surface area contributed by atoms with E-state index in [1.165, 1.54) is 11.3 Å². The van der Waals surface area contributed by atoms with Gasteiger partial charge in [0.2, 0.25) is 0 Å². The number of nitrogen functional groups attached to an aromatic ring is 1. The third-order valence-corrected chi connectivity index (χ3v) is 3.93. The van der Waals surface area contributed by atoms with E-state index in [9.17, 15) is 0 Å². The van der Waals surface area contributed by atoms with Crippen LogP contribution in [0.25, 0.3) is 0 Å². The number of methoxy groups -OCH3 is 1. The van der Waals surface area contributed by atoms with E-state index >= 15 is 0 Å². The second-order valence-corrected chi connectivity index (χ2v) is 5.50. The van der Waals surface area contributed by atoms with Gasteiger partial charge < -0.3 is 15.8 Å². The number of nitrogens with two attached hydrogens (primary N) is 1. The monoisotopic (exact) mass is 297 g/mol. The van der Waals surface area contributed by atoms with E-state index in [-0.39, 0.29) is 6.04 Å². The largest absolute Gasteiger partial charge is 0.383 e. The topological polar surface area (TPSA) is 60.2 Å². The lowest BCUT2D eigenvalue weighted by Crippen LogP contribution is -2.25. The molecule has 2 aromatic rings. The molecule has 1 atom stereocenters. The number of benzene rings is 1. The maximum Gasteiger partial charge on any atom is 0.180 e. The summed E-state index contributed by atoms with van der Waals surface area (Å²) < 4.78 is 5.07. The Hall–Kier alpha value is -1.14. The van der Waals surface area contributed by atoms with Crippen molar-refractivity contribution in [2.75, 3.05) is 26.0 Å². The highest BCUT2D eigenvalue weighted by Crippen LogP contribution is 2.31. The molecule has 2 rings (SSSR count). The van der Waals surface area contributed by atoms with E-state index in [0.717, 1.165) is 22.0 Å². The highest BCUT2D eigenvalue weighted by atomic mass is 35.5. The summed E-state index contributed by atoms with van der Waals surface area (Å²) in [6.07, 6.45) is 1.79. The molecule has 3 N–H and O–H groups in total. The molecule has 1 aromatic heterocycles. The third-order valence-electron chi connectivity index (χ3n) is 2.70. The van der Waals surface area contributed by atoms with Gasteiger partial charge in [0.25, 0.3) is 0 Å². The lowest BCUT2D eigenvalue weighted by atomic mass is 10.1. The van der Waals surface area contributed by atoms with Crippen LogP contribution in [-0.2, 0) is 4.74 Å². The summed E-state index contributed by atoms with van der Waals surface area (Å²) >= 11 is 7.73. The van der Waals surface area contributed by atoms with Gasteiger partial charge >= 0.3 is 0 Å². The van der Waals surface area contributed by atoms with Crippen molar-refractivity contribution in [3.8, 4) is 0 Å². The number of hydrogen-bond donors (Lipinski definition) is 2. The summed E-state index contributed by atoms with van der Waals surface area (Å²) in [4.78, 5) is 5.15. The molecule has 0 saturated carbocycles. The summed E-state index contributed by atoms with van der Waals surface area (Å²) in [5.41, 5.74) is 6.73. The second-order valence-electron chi connectivity index (χ2n) is 4.00. The van der Waals surface area contributed by atoms with Gasteiger partial charge in [-0.05, 0) is 11.6 Å². The Kier molecular flexibility index (Phi) is 5.15. The van der Waals surface area contributed by atoms with Crippen LogP contribution in [0.3, 0.4) is 0 Å². The minimum atomic E-state index is -0.0151. The predicted octanol–water partition coefficient (Wildman–Crippen LogP) is 2.70. The molecule has 0 aliphatic rings. The zero-order chi connectivity index (χ0) is 13.7. The fraction of sp³-hybridized carbons (Fsp3) is 0.308. The molecule has 0 radical (unpaired) electrons. The number of anilines is 1. The highest BCUT2D eigenvalue weighted by Gasteiger charge is 2.18. The molecule has 0 fully saturated rings. The molecule has 0 aliphatic heterocycles. The van der Waals surface area contributed by atoms with Gasteiger partial charge in [-0.15, -0.1) is 11.3 Å². The molecule has 1 unspecified atom stereocenters.